The molecule has 1 aliphatic carbocycles. The first kappa shape index (κ1) is 14.6. The van der Waals surface area contributed by atoms with Crippen molar-refractivity contribution in [1.29, 1.82) is 0 Å². The van der Waals surface area contributed by atoms with E-state index in [4.69, 9.17) is 0 Å². The van der Waals surface area contributed by atoms with E-state index < -0.39 is 12.1 Å². The lowest BCUT2D eigenvalue weighted by atomic mass is 9.84. The lowest BCUT2D eigenvalue weighted by molar-refractivity contribution is -0.184. The maximum atomic E-state index is 12.7. The van der Waals surface area contributed by atoms with E-state index in [9.17, 15) is 18.0 Å². The molecule has 3 unspecified atom stereocenters. The van der Waals surface area contributed by atoms with E-state index >= 15 is 0 Å². The third kappa shape index (κ3) is 3.61. The van der Waals surface area contributed by atoms with E-state index in [1.807, 2.05) is 6.92 Å². The standard InChI is InChI=1S/C13H21F3N2O/c1-8(9-6-17-7-9)12(19)18-11-4-2-3-10(5-11)13(14,15)16/h8-11,17H,2-7H2,1H3,(H,18,19). The summed E-state index contributed by atoms with van der Waals surface area (Å²) in [7, 11) is 0. The number of halogens is 3. The van der Waals surface area contributed by atoms with E-state index in [1.165, 1.54) is 0 Å². The Morgan fingerprint density at radius 3 is 2.53 bits per heavy atom. The van der Waals surface area contributed by atoms with Gasteiger partial charge in [-0.15, -0.1) is 0 Å². The Kier molecular flexibility index (Phi) is 4.38. The van der Waals surface area contributed by atoms with Crippen LogP contribution >= 0.6 is 0 Å². The van der Waals surface area contributed by atoms with Crippen molar-refractivity contribution >= 4 is 5.91 Å². The lowest BCUT2D eigenvalue weighted by Gasteiger charge is -2.35. The summed E-state index contributed by atoms with van der Waals surface area (Å²) < 4.78 is 38.0. The first-order valence-corrected chi connectivity index (χ1v) is 6.95. The van der Waals surface area contributed by atoms with Crippen LogP contribution in [0.5, 0.6) is 0 Å². The Balaban J connectivity index is 1.83. The number of hydrogen-bond acceptors (Lipinski definition) is 2. The van der Waals surface area contributed by atoms with Crippen molar-refractivity contribution in [3.63, 3.8) is 0 Å². The Labute approximate surface area is 111 Å². The van der Waals surface area contributed by atoms with Crippen LogP contribution in [0.3, 0.4) is 0 Å². The molecule has 0 aromatic rings. The SMILES string of the molecule is CC(C(=O)NC1CCCC(C(F)(F)F)C1)C1CNC1. The predicted octanol–water partition coefficient (Wildman–Crippen LogP) is 2.08. The van der Waals surface area contributed by atoms with Crippen molar-refractivity contribution in [2.24, 2.45) is 17.8 Å². The van der Waals surface area contributed by atoms with Crippen molar-refractivity contribution < 1.29 is 18.0 Å². The van der Waals surface area contributed by atoms with Gasteiger partial charge in [-0.05, 0) is 38.3 Å². The maximum absolute atomic E-state index is 12.7. The minimum absolute atomic E-state index is 0.0326. The fraction of sp³-hybridized carbons (Fsp3) is 0.923. The quantitative estimate of drug-likeness (QED) is 0.830. The molecule has 0 bridgehead atoms. The highest BCUT2D eigenvalue weighted by Gasteiger charge is 2.42. The van der Waals surface area contributed by atoms with Gasteiger partial charge in [0.15, 0.2) is 0 Å². The van der Waals surface area contributed by atoms with E-state index in [2.05, 4.69) is 10.6 Å². The molecule has 2 aliphatic rings. The number of alkyl halides is 3. The second kappa shape index (κ2) is 5.69. The van der Waals surface area contributed by atoms with Crippen LogP contribution < -0.4 is 10.6 Å². The number of carbonyl (C=O) groups is 1. The van der Waals surface area contributed by atoms with Crippen LogP contribution in [0, 0.1) is 17.8 Å². The van der Waals surface area contributed by atoms with Gasteiger partial charge in [0, 0.05) is 12.0 Å². The fourth-order valence-electron chi connectivity index (χ4n) is 2.83. The molecule has 1 saturated carbocycles. The fourth-order valence-corrected chi connectivity index (χ4v) is 2.83. The van der Waals surface area contributed by atoms with Gasteiger partial charge in [-0.2, -0.15) is 13.2 Å². The van der Waals surface area contributed by atoms with Crippen molar-refractivity contribution in [2.45, 2.75) is 44.8 Å². The Bertz CT molecular complexity index is 328. The zero-order valence-electron chi connectivity index (χ0n) is 11.1. The average molecular weight is 278 g/mol. The molecule has 6 heteroatoms. The summed E-state index contributed by atoms with van der Waals surface area (Å²) in [5.41, 5.74) is 0. The molecule has 110 valence electrons. The molecule has 2 fully saturated rings. The van der Waals surface area contributed by atoms with Crippen LogP contribution in [0.4, 0.5) is 13.2 Å². The smallest absolute Gasteiger partial charge is 0.353 e. The summed E-state index contributed by atoms with van der Waals surface area (Å²) in [5.74, 6) is -1.15. The monoisotopic (exact) mass is 278 g/mol. The van der Waals surface area contributed by atoms with Crippen LogP contribution in [0.2, 0.25) is 0 Å². The molecule has 0 spiro atoms. The summed E-state index contributed by atoms with van der Waals surface area (Å²) in [6.07, 6.45) is -2.71. The highest BCUT2D eigenvalue weighted by atomic mass is 19.4. The normalized spacial score (nSPS) is 30.5. The first-order valence-electron chi connectivity index (χ1n) is 6.95. The molecule has 3 atom stereocenters. The number of rotatable bonds is 3. The Morgan fingerprint density at radius 2 is 2.00 bits per heavy atom. The molecule has 3 nitrogen and oxygen atoms in total. The first-order chi connectivity index (χ1) is 8.88. The van der Waals surface area contributed by atoms with Crippen molar-refractivity contribution in [1.82, 2.24) is 10.6 Å². The molecule has 2 N–H and O–H groups in total. The highest BCUT2D eigenvalue weighted by molar-refractivity contribution is 5.79. The van der Waals surface area contributed by atoms with Gasteiger partial charge in [-0.3, -0.25) is 4.79 Å². The number of carbonyl (C=O) groups excluding carboxylic acids is 1. The Hall–Kier alpha value is -0.780. The highest BCUT2D eigenvalue weighted by Crippen LogP contribution is 2.37. The number of nitrogens with one attached hydrogen (secondary N) is 2. The van der Waals surface area contributed by atoms with Gasteiger partial charge < -0.3 is 10.6 Å². The molecular formula is C13H21F3N2O. The third-order valence-electron chi connectivity index (χ3n) is 4.42. The molecular weight excluding hydrogens is 257 g/mol. The molecule has 1 aliphatic heterocycles. The van der Waals surface area contributed by atoms with Crippen LogP contribution in [0.15, 0.2) is 0 Å². The number of amides is 1. The third-order valence-corrected chi connectivity index (χ3v) is 4.42. The van der Waals surface area contributed by atoms with Crippen molar-refractivity contribution in [3.8, 4) is 0 Å². The molecule has 1 amide bonds. The minimum Gasteiger partial charge on any atom is -0.353 e. The van der Waals surface area contributed by atoms with Gasteiger partial charge in [0.05, 0.1) is 5.92 Å². The molecule has 0 aromatic carbocycles. The minimum atomic E-state index is -4.13. The van der Waals surface area contributed by atoms with E-state index in [-0.39, 0.29) is 30.7 Å². The van der Waals surface area contributed by atoms with Gasteiger partial charge >= 0.3 is 6.18 Å². The summed E-state index contributed by atoms with van der Waals surface area (Å²) in [4.78, 5) is 12.0. The van der Waals surface area contributed by atoms with Gasteiger partial charge in [0.25, 0.3) is 0 Å². The van der Waals surface area contributed by atoms with Gasteiger partial charge in [-0.1, -0.05) is 13.3 Å². The largest absolute Gasteiger partial charge is 0.391 e. The van der Waals surface area contributed by atoms with E-state index in [0.29, 0.717) is 18.8 Å². The predicted molar refractivity (Wildman–Crippen MR) is 65.5 cm³/mol. The molecule has 0 aromatic heterocycles. The maximum Gasteiger partial charge on any atom is 0.391 e. The summed E-state index contributed by atoms with van der Waals surface area (Å²) in [6, 6.07) is -0.316. The lowest BCUT2D eigenvalue weighted by Crippen LogP contribution is -2.51. The second-order valence-electron chi connectivity index (χ2n) is 5.82. The summed E-state index contributed by atoms with van der Waals surface area (Å²) in [6.45, 7) is 3.50. The molecule has 19 heavy (non-hydrogen) atoms. The van der Waals surface area contributed by atoms with Crippen LogP contribution in [0.25, 0.3) is 0 Å². The van der Waals surface area contributed by atoms with E-state index in [1.54, 1.807) is 0 Å². The second-order valence-corrected chi connectivity index (χ2v) is 5.82. The van der Waals surface area contributed by atoms with Crippen molar-refractivity contribution in [3.05, 3.63) is 0 Å². The zero-order chi connectivity index (χ0) is 14.0. The van der Waals surface area contributed by atoms with E-state index in [0.717, 1.165) is 13.1 Å². The summed E-state index contributed by atoms with van der Waals surface area (Å²) in [5, 5.41) is 5.90. The average Bonchev–Trinajstić information content (AvgIpc) is 2.25. The molecule has 2 rings (SSSR count). The molecule has 1 saturated heterocycles. The molecule has 0 radical (unpaired) electrons. The number of hydrogen-bond donors (Lipinski definition) is 2. The summed E-state index contributed by atoms with van der Waals surface area (Å²) >= 11 is 0. The van der Waals surface area contributed by atoms with Gasteiger partial charge in [-0.25, -0.2) is 0 Å². The van der Waals surface area contributed by atoms with Gasteiger partial charge in [0.2, 0.25) is 5.91 Å². The topological polar surface area (TPSA) is 41.1 Å². The van der Waals surface area contributed by atoms with Crippen LogP contribution in [-0.2, 0) is 4.79 Å². The van der Waals surface area contributed by atoms with Crippen LogP contribution in [-0.4, -0.2) is 31.2 Å². The van der Waals surface area contributed by atoms with Gasteiger partial charge in [0.1, 0.15) is 0 Å². The van der Waals surface area contributed by atoms with Crippen LogP contribution in [0.1, 0.15) is 32.6 Å². The zero-order valence-corrected chi connectivity index (χ0v) is 11.1. The Morgan fingerprint density at radius 1 is 1.32 bits per heavy atom. The van der Waals surface area contributed by atoms with Crippen molar-refractivity contribution in [2.75, 3.05) is 13.1 Å². The molecule has 1 heterocycles.